The molecule has 0 spiro atoms. The largest absolute Gasteiger partial charge is 0.344 e. The number of carbonyl (C=O) groups is 1. The van der Waals surface area contributed by atoms with E-state index in [1.165, 1.54) is 16.4 Å². The zero-order chi connectivity index (χ0) is 22.7. The van der Waals surface area contributed by atoms with Gasteiger partial charge in [0.25, 0.3) is 5.95 Å². The zero-order valence-electron chi connectivity index (χ0n) is 18.1. The minimum Gasteiger partial charge on any atom is -0.344 e. The fourth-order valence-corrected chi connectivity index (χ4v) is 4.22. The lowest BCUT2D eigenvalue weighted by atomic mass is 9.98. The third-order valence-electron chi connectivity index (χ3n) is 5.05. The Kier molecular flexibility index (Phi) is 6.27. The van der Waals surface area contributed by atoms with E-state index < -0.39 is 5.25 Å². The zero-order valence-corrected chi connectivity index (χ0v) is 19.0. The van der Waals surface area contributed by atoms with E-state index in [9.17, 15) is 4.79 Å². The number of nitrogen functional groups attached to an aromatic ring is 1. The molecule has 2 aromatic heterocycles. The number of hydrogen-bond donors (Lipinski definition) is 2. The normalized spacial score (nSPS) is 12.1. The Morgan fingerprint density at radius 3 is 2.12 bits per heavy atom. The van der Waals surface area contributed by atoms with E-state index >= 15 is 0 Å². The summed E-state index contributed by atoms with van der Waals surface area (Å²) in [5.41, 5.74) is 3.79. The van der Waals surface area contributed by atoms with Crippen LogP contribution in [0.2, 0.25) is 0 Å². The molecule has 9 heteroatoms. The standard InChI is InChI=1S/C23H25N7OS/c1-15-14-16(2)30(28-15)22-26-27-23(29(22)24)32-17(3)21(31)25-20(18-10-6-4-7-11-18)19-12-8-5-9-13-19/h4-14,17,20H,24H2,1-3H3,(H,25,31). The maximum absolute atomic E-state index is 13.1. The Morgan fingerprint density at radius 2 is 1.59 bits per heavy atom. The second kappa shape index (κ2) is 9.27. The number of hydrogen-bond acceptors (Lipinski definition) is 6. The highest BCUT2D eigenvalue weighted by atomic mass is 32.2. The fraction of sp³-hybridized carbons (Fsp3) is 0.217. The molecule has 8 nitrogen and oxygen atoms in total. The summed E-state index contributed by atoms with van der Waals surface area (Å²) in [6.07, 6.45) is 0. The van der Waals surface area contributed by atoms with Crippen molar-refractivity contribution in [3.63, 3.8) is 0 Å². The summed E-state index contributed by atoms with van der Waals surface area (Å²) in [4.78, 5) is 13.1. The van der Waals surface area contributed by atoms with Crippen LogP contribution in [0.3, 0.4) is 0 Å². The van der Waals surface area contributed by atoms with E-state index in [4.69, 9.17) is 5.84 Å². The number of nitrogens with zero attached hydrogens (tertiary/aromatic N) is 5. The molecule has 1 unspecified atom stereocenters. The Morgan fingerprint density at radius 1 is 1.00 bits per heavy atom. The van der Waals surface area contributed by atoms with Gasteiger partial charge in [0.1, 0.15) is 0 Å². The molecule has 0 saturated heterocycles. The number of benzene rings is 2. The van der Waals surface area contributed by atoms with Gasteiger partial charge < -0.3 is 11.2 Å². The molecule has 0 saturated carbocycles. The molecule has 2 aromatic carbocycles. The molecule has 1 amide bonds. The lowest BCUT2D eigenvalue weighted by Crippen LogP contribution is -2.35. The van der Waals surface area contributed by atoms with Gasteiger partial charge in [0.2, 0.25) is 11.1 Å². The minimum atomic E-state index is -0.440. The average molecular weight is 448 g/mol. The van der Waals surface area contributed by atoms with Gasteiger partial charge in [-0.05, 0) is 38.0 Å². The van der Waals surface area contributed by atoms with Crippen LogP contribution in [0, 0.1) is 13.8 Å². The Balaban J connectivity index is 1.52. The molecule has 4 rings (SSSR count). The first-order chi connectivity index (χ1) is 15.4. The van der Waals surface area contributed by atoms with Crippen molar-refractivity contribution in [3.05, 3.63) is 89.2 Å². The number of aryl methyl sites for hydroxylation is 2. The van der Waals surface area contributed by atoms with Crippen LogP contribution in [0.1, 0.15) is 35.5 Å². The van der Waals surface area contributed by atoms with Crippen molar-refractivity contribution in [2.75, 3.05) is 5.84 Å². The highest BCUT2D eigenvalue weighted by Crippen LogP contribution is 2.26. The van der Waals surface area contributed by atoms with Gasteiger partial charge in [-0.3, -0.25) is 4.79 Å². The van der Waals surface area contributed by atoms with Gasteiger partial charge in [-0.25, -0.2) is 9.36 Å². The second-order valence-corrected chi connectivity index (χ2v) is 8.82. The van der Waals surface area contributed by atoms with Gasteiger partial charge in [0.05, 0.1) is 17.0 Å². The average Bonchev–Trinajstić information content (AvgIpc) is 3.33. The van der Waals surface area contributed by atoms with Crippen LogP contribution in [0.5, 0.6) is 0 Å². The van der Waals surface area contributed by atoms with Gasteiger partial charge >= 0.3 is 0 Å². The highest BCUT2D eigenvalue weighted by Gasteiger charge is 2.24. The molecule has 1 atom stereocenters. The molecule has 32 heavy (non-hydrogen) atoms. The topological polar surface area (TPSA) is 104 Å². The van der Waals surface area contributed by atoms with Gasteiger partial charge in [-0.2, -0.15) is 5.10 Å². The molecule has 0 radical (unpaired) electrons. The van der Waals surface area contributed by atoms with Crippen molar-refractivity contribution in [2.24, 2.45) is 0 Å². The fourth-order valence-electron chi connectivity index (χ4n) is 3.45. The maximum atomic E-state index is 13.1. The van der Waals surface area contributed by atoms with Gasteiger partial charge in [-0.15, -0.1) is 10.2 Å². The smallest absolute Gasteiger partial charge is 0.271 e. The summed E-state index contributed by atoms with van der Waals surface area (Å²) in [6, 6.07) is 21.5. The van der Waals surface area contributed by atoms with E-state index in [0.29, 0.717) is 11.1 Å². The predicted octanol–water partition coefficient (Wildman–Crippen LogP) is 3.18. The maximum Gasteiger partial charge on any atom is 0.271 e. The molecular weight excluding hydrogens is 422 g/mol. The third kappa shape index (κ3) is 4.52. The molecule has 0 aliphatic rings. The van der Waals surface area contributed by atoms with Crippen LogP contribution in [0.15, 0.2) is 71.9 Å². The van der Waals surface area contributed by atoms with E-state index in [-0.39, 0.29) is 11.9 Å². The molecule has 2 heterocycles. The molecule has 4 aromatic rings. The summed E-state index contributed by atoms with van der Waals surface area (Å²) in [5.74, 6) is 6.50. The van der Waals surface area contributed by atoms with Crippen molar-refractivity contribution >= 4 is 17.7 Å². The summed E-state index contributed by atoms with van der Waals surface area (Å²) >= 11 is 1.25. The summed E-state index contributed by atoms with van der Waals surface area (Å²) in [7, 11) is 0. The van der Waals surface area contributed by atoms with E-state index in [2.05, 4.69) is 20.6 Å². The van der Waals surface area contributed by atoms with Crippen LogP contribution in [0.25, 0.3) is 5.95 Å². The van der Waals surface area contributed by atoms with Crippen LogP contribution < -0.4 is 11.2 Å². The quantitative estimate of drug-likeness (QED) is 0.333. The number of aromatic nitrogens is 5. The van der Waals surface area contributed by atoms with E-state index in [1.54, 1.807) is 4.68 Å². The van der Waals surface area contributed by atoms with E-state index in [0.717, 1.165) is 22.5 Å². The molecule has 0 bridgehead atoms. The van der Waals surface area contributed by atoms with Gasteiger partial charge in [0.15, 0.2) is 0 Å². The SMILES string of the molecule is Cc1cc(C)n(-c2nnc(SC(C)C(=O)NC(c3ccccc3)c3ccccc3)n2N)n1. The van der Waals surface area contributed by atoms with Crippen molar-refractivity contribution in [1.29, 1.82) is 0 Å². The summed E-state index contributed by atoms with van der Waals surface area (Å²) in [6.45, 7) is 5.65. The Hall–Kier alpha value is -3.59. The van der Waals surface area contributed by atoms with Crippen molar-refractivity contribution < 1.29 is 4.79 Å². The van der Waals surface area contributed by atoms with Crippen LogP contribution in [0.4, 0.5) is 0 Å². The van der Waals surface area contributed by atoms with Crippen LogP contribution in [-0.4, -0.2) is 35.8 Å². The number of amides is 1. The van der Waals surface area contributed by atoms with Crippen LogP contribution in [-0.2, 0) is 4.79 Å². The Bertz CT molecular complexity index is 1160. The van der Waals surface area contributed by atoms with Gasteiger partial charge in [0, 0.05) is 5.69 Å². The first kappa shape index (κ1) is 21.6. The molecular formula is C23H25N7OS. The summed E-state index contributed by atoms with van der Waals surface area (Å²) < 4.78 is 3.00. The molecule has 0 aliphatic carbocycles. The molecule has 3 N–H and O–H groups in total. The number of nitrogens with one attached hydrogen (secondary N) is 1. The molecule has 164 valence electrons. The highest BCUT2D eigenvalue weighted by molar-refractivity contribution is 8.00. The number of thioether (sulfide) groups is 1. The van der Waals surface area contributed by atoms with E-state index in [1.807, 2.05) is 87.5 Å². The Labute approximate surface area is 190 Å². The molecule has 0 aliphatic heterocycles. The number of nitrogens with two attached hydrogens (primary N) is 1. The number of carbonyl (C=O) groups excluding carboxylic acids is 1. The monoisotopic (exact) mass is 447 g/mol. The van der Waals surface area contributed by atoms with Crippen molar-refractivity contribution in [1.82, 2.24) is 30.0 Å². The van der Waals surface area contributed by atoms with Crippen molar-refractivity contribution in [2.45, 2.75) is 37.2 Å². The van der Waals surface area contributed by atoms with Gasteiger partial charge in [-0.1, -0.05) is 72.4 Å². The first-order valence-electron chi connectivity index (χ1n) is 10.2. The first-order valence-corrected chi connectivity index (χ1v) is 11.1. The van der Waals surface area contributed by atoms with Crippen molar-refractivity contribution in [3.8, 4) is 5.95 Å². The van der Waals surface area contributed by atoms with Crippen LogP contribution >= 0.6 is 11.8 Å². The lowest BCUT2D eigenvalue weighted by Gasteiger charge is -2.22. The second-order valence-electron chi connectivity index (χ2n) is 7.51. The lowest BCUT2D eigenvalue weighted by molar-refractivity contribution is -0.120. The predicted molar refractivity (Wildman–Crippen MR) is 125 cm³/mol. The number of rotatable bonds is 7. The summed E-state index contributed by atoms with van der Waals surface area (Å²) in [5, 5.41) is 15.9. The minimum absolute atomic E-state index is 0.122. The molecule has 0 fully saturated rings. The third-order valence-corrected chi connectivity index (χ3v) is 6.11.